The topological polar surface area (TPSA) is 120 Å². The number of hydrogen-bond acceptors (Lipinski definition) is 5. The maximum atomic E-state index is 13.5. The van der Waals surface area contributed by atoms with Crippen LogP contribution in [-0.2, 0) is 35.6 Å². The number of nitrogens with one attached hydrogen (secondary N) is 3. The summed E-state index contributed by atoms with van der Waals surface area (Å²) < 4.78 is 19.8. The van der Waals surface area contributed by atoms with Gasteiger partial charge in [0.05, 0.1) is 10.5 Å². The highest BCUT2D eigenvalue weighted by molar-refractivity contribution is 7.93. The van der Waals surface area contributed by atoms with E-state index in [1.54, 1.807) is 13.1 Å². The van der Waals surface area contributed by atoms with Crippen LogP contribution < -0.4 is 15.4 Å². The molecule has 0 saturated heterocycles. The van der Waals surface area contributed by atoms with Crippen molar-refractivity contribution in [3.63, 3.8) is 0 Å². The molecule has 31 heavy (non-hydrogen) atoms. The molecule has 162 valence electrons. The zero-order valence-electron chi connectivity index (χ0n) is 17.2. The largest absolute Gasteiger partial charge is 0.374 e. The lowest BCUT2D eigenvalue weighted by molar-refractivity contribution is 0.0985. The molecule has 8 nitrogen and oxygen atoms in total. The number of aliphatic hydroxyl groups excluding tert-OH is 1. The van der Waals surface area contributed by atoms with E-state index >= 15 is 0 Å². The summed E-state index contributed by atoms with van der Waals surface area (Å²) in [5.74, 6) is -0.552. The highest BCUT2D eigenvalue weighted by atomic mass is 32.2. The fourth-order valence-corrected chi connectivity index (χ4v) is 6.46. The van der Waals surface area contributed by atoms with Gasteiger partial charge in [-0.1, -0.05) is 12.1 Å². The molecule has 2 aromatic carbocycles. The van der Waals surface area contributed by atoms with Crippen molar-refractivity contribution < 1.29 is 18.9 Å². The van der Waals surface area contributed by atoms with Gasteiger partial charge in [0.25, 0.3) is 5.91 Å². The second-order valence-corrected chi connectivity index (χ2v) is 10.0. The van der Waals surface area contributed by atoms with E-state index in [9.17, 15) is 18.9 Å². The minimum absolute atomic E-state index is 0.114. The highest BCUT2D eigenvalue weighted by Gasteiger charge is 2.33. The molecule has 0 spiro atoms. The smallest absolute Gasteiger partial charge is 0.355 e. The fraction of sp³-hybridized carbons (Fsp3) is 0.364. The molecule has 2 aliphatic carbocycles. The van der Waals surface area contributed by atoms with Crippen LogP contribution in [0.4, 0.5) is 10.5 Å². The predicted molar refractivity (Wildman–Crippen MR) is 116 cm³/mol. The maximum absolute atomic E-state index is 13.5. The molecule has 3 amide bonds. The summed E-state index contributed by atoms with van der Waals surface area (Å²) in [6.45, 7) is 0. The van der Waals surface area contributed by atoms with E-state index in [-0.39, 0.29) is 10.5 Å². The quantitative estimate of drug-likeness (QED) is 0.547. The molecule has 1 heterocycles. The van der Waals surface area contributed by atoms with Gasteiger partial charge in [-0.15, -0.1) is 4.36 Å². The van der Waals surface area contributed by atoms with Crippen LogP contribution in [0, 0.1) is 0 Å². The minimum Gasteiger partial charge on any atom is -0.374 e. The van der Waals surface area contributed by atoms with Gasteiger partial charge in [-0.3, -0.25) is 14.8 Å². The second-order valence-electron chi connectivity index (χ2n) is 8.16. The molecular formula is C22H24N4O4S. The molecule has 0 fully saturated rings. The number of urea groups is 1. The number of hydrogen-bond donors (Lipinski definition) is 4. The summed E-state index contributed by atoms with van der Waals surface area (Å²) >= 11 is 0. The predicted octanol–water partition coefficient (Wildman–Crippen LogP) is 2.59. The number of amides is 3. The highest BCUT2D eigenvalue weighted by Crippen LogP contribution is 2.39. The summed E-state index contributed by atoms with van der Waals surface area (Å²) in [6.07, 6.45) is 4.91. The van der Waals surface area contributed by atoms with Gasteiger partial charge in [0.2, 0.25) is 0 Å². The molecule has 2 unspecified atom stereocenters. The Morgan fingerprint density at radius 3 is 2.45 bits per heavy atom. The third-order valence-corrected chi connectivity index (χ3v) is 8.10. The number of aliphatic hydroxyl groups is 1. The van der Waals surface area contributed by atoms with Crippen LogP contribution in [-0.4, -0.2) is 28.3 Å². The zero-order valence-corrected chi connectivity index (χ0v) is 18.0. The maximum Gasteiger partial charge on any atom is 0.355 e. The average molecular weight is 441 g/mol. The summed E-state index contributed by atoms with van der Waals surface area (Å²) in [5.41, 5.74) is 6.26. The summed E-state index contributed by atoms with van der Waals surface area (Å²) in [4.78, 5) is 25.3. The average Bonchev–Trinajstić information content (AvgIpc) is 3.46. The lowest BCUT2D eigenvalue weighted by Gasteiger charge is -2.15. The summed E-state index contributed by atoms with van der Waals surface area (Å²) in [7, 11) is -1.92. The van der Waals surface area contributed by atoms with Crippen molar-refractivity contribution in [2.75, 3.05) is 12.4 Å². The van der Waals surface area contributed by atoms with Crippen LogP contribution in [0.3, 0.4) is 0 Å². The number of nitrogens with zero attached hydrogens (tertiary/aromatic N) is 1. The number of benzene rings is 2. The number of anilines is 1. The Morgan fingerprint density at radius 2 is 1.81 bits per heavy atom. The monoisotopic (exact) mass is 440 g/mol. The van der Waals surface area contributed by atoms with E-state index in [1.807, 2.05) is 0 Å². The van der Waals surface area contributed by atoms with Gasteiger partial charge < -0.3 is 10.4 Å². The molecule has 0 aromatic heterocycles. The number of carbonyl (C=O) groups excluding carboxylic acids is 2. The van der Waals surface area contributed by atoms with Crippen LogP contribution >= 0.6 is 0 Å². The lowest BCUT2D eigenvalue weighted by atomic mass is 9.99. The Morgan fingerprint density at radius 1 is 1.13 bits per heavy atom. The van der Waals surface area contributed by atoms with Gasteiger partial charge in [0, 0.05) is 5.69 Å². The molecular weight excluding hydrogens is 416 g/mol. The Kier molecular flexibility index (Phi) is 4.84. The molecule has 0 radical (unpaired) electrons. The third-order valence-electron chi connectivity index (χ3n) is 6.29. The van der Waals surface area contributed by atoms with Crippen molar-refractivity contribution in [1.82, 2.24) is 10.0 Å². The Balaban J connectivity index is 1.53. The van der Waals surface area contributed by atoms with E-state index in [2.05, 4.69) is 25.8 Å². The van der Waals surface area contributed by atoms with E-state index in [4.69, 9.17) is 0 Å². The molecule has 0 bridgehead atoms. The van der Waals surface area contributed by atoms with E-state index in [1.165, 1.54) is 23.3 Å². The molecule has 2 aromatic rings. The Hall–Kier alpha value is -2.75. The number of fused-ring (bicyclic) bond motifs is 3. The minimum atomic E-state index is -3.50. The fourth-order valence-electron chi connectivity index (χ4n) is 4.81. The lowest BCUT2D eigenvalue weighted by Crippen LogP contribution is -2.23. The van der Waals surface area contributed by atoms with Crippen molar-refractivity contribution >= 4 is 27.5 Å². The number of carbonyl (C=O) groups is 2. The van der Waals surface area contributed by atoms with Crippen molar-refractivity contribution in [2.45, 2.75) is 49.6 Å². The Labute approximate surface area is 180 Å². The first-order valence-corrected chi connectivity index (χ1v) is 12.0. The van der Waals surface area contributed by atoms with Gasteiger partial charge >= 0.3 is 6.03 Å². The molecule has 1 aliphatic heterocycles. The number of rotatable bonds is 3. The van der Waals surface area contributed by atoms with Crippen LogP contribution in [0.25, 0.3) is 0 Å². The van der Waals surface area contributed by atoms with Crippen molar-refractivity contribution in [1.29, 1.82) is 0 Å². The van der Waals surface area contributed by atoms with Crippen molar-refractivity contribution in [3.8, 4) is 0 Å². The van der Waals surface area contributed by atoms with Gasteiger partial charge in [-0.2, -0.15) is 0 Å². The van der Waals surface area contributed by atoms with Gasteiger partial charge in [-0.25, -0.2) is 9.00 Å². The molecule has 4 N–H and O–H groups in total. The van der Waals surface area contributed by atoms with Crippen LogP contribution in [0.2, 0.25) is 0 Å². The first-order valence-electron chi connectivity index (χ1n) is 10.5. The molecule has 3 aliphatic rings. The summed E-state index contributed by atoms with van der Waals surface area (Å²) in [5, 5.41) is 15.6. The van der Waals surface area contributed by atoms with Crippen molar-refractivity contribution in [2.24, 2.45) is 4.36 Å². The molecule has 0 saturated carbocycles. The van der Waals surface area contributed by atoms with E-state index in [0.717, 1.165) is 55.3 Å². The normalized spacial score (nSPS) is 21.8. The van der Waals surface area contributed by atoms with Gasteiger partial charge in [-0.05, 0) is 85.5 Å². The van der Waals surface area contributed by atoms with Crippen molar-refractivity contribution in [3.05, 3.63) is 57.6 Å². The molecule has 2 atom stereocenters. The van der Waals surface area contributed by atoms with Gasteiger partial charge in [0.15, 0.2) is 9.92 Å². The second kappa shape index (κ2) is 7.44. The zero-order chi connectivity index (χ0) is 21.8. The standard InChI is InChI=1S/C22H24N4O4S/c1-23-20(27)14-8-9-17-18(11-14)31(30,25-21(17)28)26-22(29)24-19-15-6-2-4-12(15)10-13-5-3-7-16(13)19/h8-11,20,23,27H,2-7H2,1H3,(H2,24,25,26,28,29,30). The summed E-state index contributed by atoms with van der Waals surface area (Å²) in [6, 6.07) is 6.02. The third kappa shape index (κ3) is 3.33. The molecule has 9 heteroatoms. The van der Waals surface area contributed by atoms with E-state index in [0.29, 0.717) is 5.56 Å². The SMILES string of the molecule is CNC(O)c1ccc2c(c1)S(=O)(=NC(=O)Nc1c3c(cc4c1CCC4)CCC3)NC2=O. The van der Waals surface area contributed by atoms with Crippen LogP contribution in [0.15, 0.2) is 33.5 Å². The molecule has 5 rings (SSSR count). The first-order chi connectivity index (χ1) is 14.9. The number of aryl methyl sites for hydroxylation is 2. The van der Waals surface area contributed by atoms with Gasteiger partial charge in [0.1, 0.15) is 6.23 Å². The van der Waals surface area contributed by atoms with Crippen LogP contribution in [0.5, 0.6) is 0 Å². The first kappa shape index (κ1) is 20.2. The van der Waals surface area contributed by atoms with Crippen LogP contribution in [0.1, 0.15) is 57.2 Å². The Bertz CT molecular complexity index is 1210. The van der Waals surface area contributed by atoms with E-state index < -0.39 is 28.1 Å².